The summed E-state index contributed by atoms with van der Waals surface area (Å²) in [5.74, 6) is 0.351. The number of oxazole rings is 1. The van der Waals surface area contributed by atoms with E-state index in [9.17, 15) is 13.2 Å². The molecule has 2 aromatic rings. The van der Waals surface area contributed by atoms with Crippen LogP contribution in [0.5, 0.6) is 0 Å². The van der Waals surface area contributed by atoms with Crippen LogP contribution in [0.3, 0.4) is 0 Å². The van der Waals surface area contributed by atoms with Crippen molar-refractivity contribution in [3.05, 3.63) is 24.3 Å². The van der Waals surface area contributed by atoms with Gasteiger partial charge in [-0.3, -0.25) is 4.79 Å². The van der Waals surface area contributed by atoms with E-state index >= 15 is 0 Å². The Labute approximate surface area is 151 Å². The predicted molar refractivity (Wildman–Crippen MR) is 98.4 cm³/mol. The summed E-state index contributed by atoms with van der Waals surface area (Å²) in [6.07, 6.45) is 1.31. The molecular weight excluding hydrogens is 360 g/mol. The molecule has 0 radical (unpaired) electrons. The molecule has 1 aliphatic rings. The number of hydrogen-bond donors (Lipinski definition) is 0. The number of fused-ring (bicyclic) bond motifs is 1. The molecule has 1 aromatic heterocycles. The normalized spacial score (nSPS) is 20.6. The molecule has 0 N–H and O–H groups in total. The van der Waals surface area contributed by atoms with Gasteiger partial charge < -0.3 is 9.32 Å². The maximum atomic E-state index is 12.8. The molecule has 1 amide bonds. The Kier molecular flexibility index (Phi) is 5.38. The fourth-order valence-electron chi connectivity index (χ4n) is 3.11. The van der Waals surface area contributed by atoms with Gasteiger partial charge in [0.05, 0.1) is 17.3 Å². The van der Waals surface area contributed by atoms with E-state index in [4.69, 9.17) is 4.42 Å². The second-order valence-electron chi connectivity index (χ2n) is 6.35. The Morgan fingerprint density at radius 3 is 2.84 bits per heavy atom. The van der Waals surface area contributed by atoms with Crippen molar-refractivity contribution in [2.24, 2.45) is 0 Å². The summed E-state index contributed by atoms with van der Waals surface area (Å²) in [7, 11) is -3.03. The SMILES string of the molecule is CC[C@H](C)N(C(=O)CSc1nc2ccccc2o1)[C@H]1CCS(=O)(=O)C1. The number of amides is 1. The fraction of sp³-hybridized carbons (Fsp3) is 0.529. The number of carbonyl (C=O) groups excluding carboxylic acids is 1. The van der Waals surface area contributed by atoms with Crippen LogP contribution < -0.4 is 0 Å². The average Bonchev–Trinajstić information content (AvgIpc) is 3.15. The van der Waals surface area contributed by atoms with E-state index < -0.39 is 9.84 Å². The number of aromatic nitrogens is 1. The van der Waals surface area contributed by atoms with Gasteiger partial charge in [0.15, 0.2) is 15.4 Å². The van der Waals surface area contributed by atoms with Gasteiger partial charge in [-0.15, -0.1) is 0 Å². The molecule has 3 rings (SSSR count). The third-order valence-corrected chi connectivity index (χ3v) is 7.11. The topological polar surface area (TPSA) is 80.5 Å². The standard InChI is InChI=1S/C17H22N2O4S2/c1-3-12(2)19(13-8-9-25(21,22)11-13)16(20)10-24-17-18-14-6-4-5-7-15(14)23-17/h4-7,12-13H,3,8-11H2,1-2H3/t12-,13-/m0/s1. The third-order valence-electron chi connectivity index (χ3n) is 4.55. The largest absolute Gasteiger partial charge is 0.431 e. The molecule has 2 atom stereocenters. The molecular formula is C17H22N2O4S2. The van der Waals surface area contributed by atoms with Crippen LogP contribution in [0.25, 0.3) is 11.1 Å². The number of benzene rings is 1. The van der Waals surface area contributed by atoms with Crippen molar-refractivity contribution >= 4 is 38.6 Å². The van der Waals surface area contributed by atoms with E-state index in [-0.39, 0.29) is 35.2 Å². The van der Waals surface area contributed by atoms with Crippen LogP contribution in [-0.4, -0.2) is 53.6 Å². The van der Waals surface area contributed by atoms with Crippen molar-refractivity contribution in [2.45, 2.75) is 44.0 Å². The van der Waals surface area contributed by atoms with Gasteiger partial charge in [0.1, 0.15) is 5.52 Å². The van der Waals surface area contributed by atoms with Crippen LogP contribution in [0.15, 0.2) is 33.9 Å². The first-order valence-electron chi connectivity index (χ1n) is 8.39. The number of carbonyl (C=O) groups is 1. The van der Waals surface area contributed by atoms with E-state index in [0.29, 0.717) is 17.2 Å². The predicted octanol–water partition coefficient (Wildman–Crippen LogP) is 2.73. The lowest BCUT2D eigenvalue weighted by molar-refractivity contribution is -0.132. The third kappa shape index (κ3) is 4.17. The second-order valence-corrected chi connectivity index (χ2v) is 9.51. The second kappa shape index (κ2) is 7.37. The highest BCUT2D eigenvalue weighted by Crippen LogP contribution is 2.26. The number of sulfone groups is 1. The summed E-state index contributed by atoms with van der Waals surface area (Å²) in [6.45, 7) is 3.97. The van der Waals surface area contributed by atoms with Crippen LogP contribution in [-0.2, 0) is 14.6 Å². The highest BCUT2D eigenvalue weighted by molar-refractivity contribution is 7.99. The van der Waals surface area contributed by atoms with Gasteiger partial charge in [0.25, 0.3) is 5.22 Å². The van der Waals surface area contributed by atoms with E-state index in [0.717, 1.165) is 11.9 Å². The Morgan fingerprint density at radius 2 is 2.20 bits per heavy atom. The van der Waals surface area contributed by atoms with E-state index in [2.05, 4.69) is 4.98 Å². The monoisotopic (exact) mass is 382 g/mol. The minimum absolute atomic E-state index is 0.00929. The first kappa shape index (κ1) is 18.3. The van der Waals surface area contributed by atoms with Gasteiger partial charge in [0.2, 0.25) is 5.91 Å². The van der Waals surface area contributed by atoms with Crippen molar-refractivity contribution < 1.29 is 17.6 Å². The van der Waals surface area contributed by atoms with Gasteiger partial charge in [0, 0.05) is 12.1 Å². The minimum atomic E-state index is -3.03. The van der Waals surface area contributed by atoms with Gasteiger partial charge in [-0.2, -0.15) is 0 Å². The molecule has 6 nitrogen and oxygen atoms in total. The smallest absolute Gasteiger partial charge is 0.257 e. The highest BCUT2D eigenvalue weighted by Gasteiger charge is 2.36. The number of thioether (sulfide) groups is 1. The van der Waals surface area contributed by atoms with E-state index in [1.807, 2.05) is 38.1 Å². The highest BCUT2D eigenvalue weighted by atomic mass is 32.2. The molecule has 8 heteroatoms. The molecule has 1 saturated heterocycles. The summed E-state index contributed by atoms with van der Waals surface area (Å²) >= 11 is 1.25. The zero-order valence-corrected chi connectivity index (χ0v) is 16.0. The molecule has 1 aromatic carbocycles. The van der Waals surface area contributed by atoms with Crippen LogP contribution in [0, 0.1) is 0 Å². The summed E-state index contributed by atoms with van der Waals surface area (Å²) in [5.41, 5.74) is 1.45. The van der Waals surface area contributed by atoms with Crippen molar-refractivity contribution in [3.8, 4) is 0 Å². The van der Waals surface area contributed by atoms with Crippen LogP contribution in [0.4, 0.5) is 0 Å². The molecule has 25 heavy (non-hydrogen) atoms. The van der Waals surface area contributed by atoms with Crippen LogP contribution in [0.1, 0.15) is 26.7 Å². The molecule has 1 aliphatic heterocycles. The molecule has 0 spiro atoms. The molecule has 136 valence electrons. The Balaban J connectivity index is 1.69. The van der Waals surface area contributed by atoms with Gasteiger partial charge >= 0.3 is 0 Å². The van der Waals surface area contributed by atoms with Crippen LogP contribution in [0.2, 0.25) is 0 Å². The lowest BCUT2D eigenvalue weighted by Crippen LogP contribution is -2.47. The maximum Gasteiger partial charge on any atom is 0.257 e. The lowest BCUT2D eigenvalue weighted by atomic mass is 10.1. The molecule has 2 heterocycles. The first-order chi connectivity index (χ1) is 11.9. The Bertz CT molecular complexity index is 829. The average molecular weight is 383 g/mol. The van der Waals surface area contributed by atoms with Gasteiger partial charge in [-0.1, -0.05) is 30.8 Å². The maximum absolute atomic E-state index is 12.8. The molecule has 0 saturated carbocycles. The first-order valence-corrected chi connectivity index (χ1v) is 11.2. The van der Waals surface area contributed by atoms with Crippen molar-refractivity contribution in [1.82, 2.24) is 9.88 Å². The van der Waals surface area contributed by atoms with Crippen molar-refractivity contribution in [3.63, 3.8) is 0 Å². The summed E-state index contributed by atoms with van der Waals surface area (Å²) < 4.78 is 29.2. The molecule has 1 fully saturated rings. The number of nitrogens with zero attached hydrogens (tertiary/aromatic N) is 2. The summed E-state index contributed by atoms with van der Waals surface area (Å²) in [5, 5.41) is 0.456. The Morgan fingerprint density at radius 1 is 1.44 bits per heavy atom. The number of para-hydroxylation sites is 2. The number of hydrogen-bond acceptors (Lipinski definition) is 6. The zero-order valence-electron chi connectivity index (χ0n) is 14.3. The van der Waals surface area contributed by atoms with Crippen LogP contribution >= 0.6 is 11.8 Å². The van der Waals surface area contributed by atoms with Gasteiger partial charge in [-0.25, -0.2) is 13.4 Å². The minimum Gasteiger partial charge on any atom is -0.431 e. The van der Waals surface area contributed by atoms with Crippen molar-refractivity contribution in [1.29, 1.82) is 0 Å². The van der Waals surface area contributed by atoms with E-state index in [1.165, 1.54) is 11.8 Å². The molecule has 0 unspecified atom stereocenters. The quantitative estimate of drug-likeness (QED) is 0.715. The summed E-state index contributed by atoms with van der Waals surface area (Å²) in [4.78, 5) is 18.9. The summed E-state index contributed by atoms with van der Waals surface area (Å²) in [6, 6.07) is 7.24. The lowest BCUT2D eigenvalue weighted by Gasteiger charge is -2.33. The Hall–Kier alpha value is -1.54. The zero-order chi connectivity index (χ0) is 18.0. The van der Waals surface area contributed by atoms with Gasteiger partial charge in [-0.05, 0) is 31.9 Å². The van der Waals surface area contributed by atoms with Crippen molar-refractivity contribution in [2.75, 3.05) is 17.3 Å². The number of rotatable bonds is 6. The molecule has 0 aliphatic carbocycles. The molecule has 0 bridgehead atoms. The van der Waals surface area contributed by atoms with E-state index in [1.54, 1.807) is 4.90 Å². The fourth-order valence-corrected chi connectivity index (χ4v) is 5.53.